The van der Waals surface area contributed by atoms with Gasteiger partial charge in [-0.1, -0.05) is 0 Å². The molecule has 0 amide bonds. The molecule has 0 radical (unpaired) electrons. The lowest BCUT2D eigenvalue weighted by Crippen LogP contribution is -2.03. The maximum atomic E-state index is 11.1. The number of nitrogens with zero attached hydrogens (tertiary/aromatic N) is 3. The summed E-state index contributed by atoms with van der Waals surface area (Å²) in [6.45, 7) is 3.34. The number of anilines is 1. The van der Waals surface area contributed by atoms with Gasteiger partial charge in [-0.05, 0) is 26.0 Å². The van der Waals surface area contributed by atoms with Crippen LogP contribution in [0.3, 0.4) is 0 Å². The van der Waals surface area contributed by atoms with E-state index in [2.05, 4.69) is 9.97 Å². The van der Waals surface area contributed by atoms with Gasteiger partial charge in [0.1, 0.15) is 17.4 Å². The van der Waals surface area contributed by atoms with E-state index < -0.39 is 4.92 Å². The first kappa shape index (κ1) is 14.5. The Balaban J connectivity index is 2.47. The summed E-state index contributed by atoms with van der Waals surface area (Å²) in [6.07, 6.45) is 0. The fourth-order valence-electron chi connectivity index (χ4n) is 1.68. The maximum absolute atomic E-state index is 11.1. The predicted molar refractivity (Wildman–Crippen MR) is 75.6 cm³/mol. The van der Waals surface area contributed by atoms with Crippen molar-refractivity contribution in [3.63, 3.8) is 0 Å². The molecule has 8 heteroatoms. The standard InChI is InChI=1S/C13H14N4O4/c1-7-12(14)15-8(2)16-13(7)21-11-5-4-9(20-3)6-10(11)17(18)19/h4-6H,1-3H3,(H2,14,15,16). The molecule has 0 unspecified atom stereocenters. The van der Waals surface area contributed by atoms with Crippen molar-refractivity contribution < 1.29 is 14.4 Å². The van der Waals surface area contributed by atoms with Crippen molar-refractivity contribution in [3.8, 4) is 17.4 Å². The van der Waals surface area contributed by atoms with Gasteiger partial charge in [0.25, 0.3) is 0 Å². The molecular formula is C13H14N4O4. The second-order valence-corrected chi connectivity index (χ2v) is 4.28. The van der Waals surface area contributed by atoms with E-state index in [4.69, 9.17) is 15.2 Å². The number of nitrogen functional groups attached to an aromatic ring is 1. The molecule has 8 nitrogen and oxygen atoms in total. The highest BCUT2D eigenvalue weighted by atomic mass is 16.6. The Morgan fingerprint density at radius 1 is 1.29 bits per heavy atom. The topological polar surface area (TPSA) is 113 Å². The Labute approximate surface area is 120 Å². The third kappa shape index (κ3) is 2.99. The van der Waals surface area contributed by atoms with E-state index in [1.165, 1.54) is 19.2 Å². The van der Waals surface area contributed by atoms with Crippen molar-refractivity contribution in [1.29, 1.82) is 0 Å². The third-order valence-electron chi connectivity index (χ3n) is 2.82. The molecule has 0 aliphatic heterocycles. The predicted octanol–water partition coefficient (Wildman–Crippen LogP) is 2.38. The zero-order chi connectivity index (χ0) is 15.6. The Bertz CT molecular complexity index is 703. The molecule has 0 saturated heterocycles. The molecule has 1 aromatic carbocycles. The number of benzene rings is 1. The van der Waals surface area contributed by atoms with Gasteiger partial charge in [-0.3, -0.25) is 10.1 Å². The summed E-state index contributed by atoms with van der Waals surface area (Å²) in [4.78, 5) is 18.7. The lowest BCUT2D eigenvalue weighted by Gasteiger charge is -2.10. The van der Waals surface area contributed by atoms with Crippen LogP contribution in [-0.2, 0) is 0 Å². The quantitative estimate of drug-likeness (QED) is 0.679. The highest BCUT2D eigenvalue weighted by molar-refractivity contribution is 5.54. The minimum Gasteiger partial charge on any atom is -0.496 e. The van der Waals surface area contributed by atoms with E-state index in [1.807, 2.05) is 0 Å². The summed E-state index contributed by atoms with van der Waals surface area (Å²) in [5.74, 6) is 1.30. The fraction of sp³-hybridized carbons (Fsp3) is 0.231. The average Bonchev–Trinajstić information content (AvgIpc) is 2.44. The Kier molecular flexibility index (Phi) is 3.88. The zero-order valence-corrected chi connectivity index (χ0v) is 11.8. The van der Waals surface area contributed by atoms with E-state index in [0.29, 0.717) is 17.1 Å². The molecule has 2 N–H and O–H groups in total. The van der Waals surface area contributed by atoms with E-state index in [1.54, 1.807) is 19.9 Å². The lowest BCUT2D eigenvalue weighted by atomic mass is 10.2. The van der Waals surface area contributed by atoms with Crippen LogP contribution in [0.4, 0.5) is 11.5 Å². The lowest BCUT2D eigenvalue weighted by molar-refractivity contribution is -0.385. The highest BCUT2D eigenvalue weighted by Gasteiger charge is 2.19. The molecule has 0 spiro atoms. The molecule has 2 rings (SSSR count). The van der Waals surface area contributed by atoms with E-state index >= 15 is 0 Å². The smallest absolute Gasteiger partial charge is 0.315 e. The summed E-state index contributed by atoms with van der Waals surface area (Å²) in [7, 11) is 1.43. The summed E-state index contributed by atoms with van der Waals surface area (Å²) in [5.41, 5.74) is 6.03. The first-order chi connectivity index (χ1) is 9.92. The number of aromatic nitrogens is 2. The number of nitro groups is 1. The Morgan fingerprint density at radius 2 is 2.00 bits per heavy atom. The van der Waals surface area contributed by atoms with Crippen LogP contribution in [-0.4, -0.2) is 22.0 Å². The van der Waals surface area contributed by atoms with Crippen LogP contribution < -0.4 is 15.2 Å². The minimum absolute atomic E-state index is 0.0569. The third-order valence-corrected chi connectivity index (χ3v) is 2.82. The van der Waals surface area contributed by atoms with Gasteiger partial charge in [-0.15, -0.1) is 0 Å². The molecule has 21 heavy (non-hydrogen) atoms. The normalized spacial score (nSPS) is 10.2. The maximum Gasteiger partial charge on any atom is 0.315 e. The molecule has 0 saturated carbocycles. The van der Waals surface area contributed by atoms with Crippen LogP contribution in [0.25, 0.3) is 0 Å². The molecule has 0 atom stereocenters. The zero-order valence-electron chi connectivity index (χ0n) is 11.8. The van der Waals surface area contributed by atoms with Gasteiger partial charge in [0.05, 0.1) is 23.7 Å². The van der Waals surface area contributed by atoms with Crippen molar-refractivity contribution in [1.82, 2.24) is 9.97 Å². The van der Waals surface area contributed by atoms with Gasteiger partial charge in [0, 0.05) is 0 Å². The summed E-state index contributed by atoms with van der Waals surface area (Å²) in [5, 5.41) is 11.1. The van der Waals surface area contributed by atoms with Crippen molar-refractivity contribution in [2.45, 2.75) is 13.8 Å². The van der Waals surface area contributed by atoms with Crippen LogP contribution in [0.15, 0.2) is 18.2 Å². The van der Waals surface area contributed by atoms with Gasteiger partial charge in [-0.25, -0.2) is 4.98 Å². The van der Waals surface area contributed by atoms with Crippen molar-refractivity contribution in [2.24, 2.45) is 0 Å². The Morgan fingerprint density at radius 3 is 2.62 bits per heavy atom. The molecular weight excluding hydrogens is 276 g/mol. The molecule has 2 aromatic rings. The summed E-state index contributed by atoms with van der Waals surface area (Å²) >= 11 is 0. The van der Waals surface area contributed by atoms with E-state index in [-0.39, 0.29) is 23.1 Å². The van der Waals surface area contributed by atoms with Gasteiger partial charge in [-0.2, -0.15) is 4.98 Å². The minimum atomic E-state index is -0.551. The molecule has 1 aromatic heterocycles. The van der Waals surface area contributed by atoms with Crippen LogP contribution >= 0.6 is 0 Å². The number of hydrogen-bond acceptors (Lipinski definition) is 7. The monoisotopic (exact) mass is 290 g/mol. The molecule has 0 fully saturated rings. The summed E-state index contributed by atoms with van der Waals surface area (Å²) in [6, 6.07) is 4.29. The first-order valence-electron chi connectivity index (χ1n) is 6.03. The molecule has 0 bridgehead atoms. The SMILES string of the molecule is COc1ccc(Oc2nc(C)nc(N)c2C)c([N+](=O)[O-])c1. The molecule has 0 aliphatic rings. The van der Waals surface area contributed by atoms with Crippen LogP contribution in [0.5, 0.6) is 17.4 Å². The molecule has 1 heterocycles. The number of hydrogen-bond donors (Lipinski definition) is 1. The van der Waals surface area contributed by atoms with Crippen molar-refractivity contribution in [3.05, 3.63) is 39.7 Å². The number of ether oxygens (including phenoxy) is 2. The van der Waals surface area contributed by atoms with Crippen molar-refractivity contribution in [2.75, 3.05) is 12.8 Å². The molecule has 0 aliphatic carbocycles. The average molecular weight is 290 g/mol. The first-order valence-corrected chi connectivity index (χ1v) is 6.03. The highest BCUT2D eigenvalue weighted by Crippen LogP contribution is 2.35. The van der Waals surface area contributed by atoms with Gasteiger partial charge >= 0.3 is 5.69 Å². The number of nitrogens with two attached hydrogens (primary N) is 1. The second kappa shape index (κ2) is 5.61. The number of methoxy groups -OCH3 is 1. The second-order valence-electron chi connectivity index (χ2n) is 4.28. The van der Waals surface area contributed by atoms with Crippen LogP contribution in [0, 0.1) is 24.0 Å². The van der Waals surface area contributed by atoms with Gasteiger partial charge < -0.3 is 15.2 Å². The number of aryl methyl sites for hydroxylation is 1. The number of nitro benzene ring substituents is 1. The van der Waals surface area contributed by atoms with Crippen molar-refractivity contribution >= 4 is 11.5 Å². The van der Waals surface area contributed by atoms with Crippen LogP contribution in [0.2, 0.25) is 0 Å². The van der Waals surface area contributed by atoms with Crippen LogP contribution in [0.1, 0.15) is 11.4 Å². The Hall–Kier alpha value is -2.90. The summed E-state index contributed by atoms with van der Waals surface area (Å²) < 4.78 is 10.5. The number of rotatable bonds is 4. The van der Waals surface area contributed by atoms with E-state index in [0.717, 1.165) is 0 Å². The largest absolute Gasteiger partial charge is 0.496 e. The van der Waals surface area contributed by atoms with Gasteiger partial charge in [0.15, 0.2) is 0 Å². The van der Waals surface area contributed by atoms with E-state index in [9.17, 15) is 10.1 Å². The fourth-order valence-corrected chi connectivity index (χ4v) is 1.68. The molecule has 110 valence electrons. The van der Waals surface area contributed by atoms with Gasteiger partial charge in [0.2, 0.25) is 11.6 Å².